The Labute approximate surface area is 364 Å². The molecule has 8 atom stereocenters. The number of carbonyl (C=O) groups excluding carboxylic acids is 2. The van der Waals surface area contributed by atoms with Crippen molar-refractivity contribution in [1.29, 1.82) is 0 Å². The van der Waals surface area contributed by atoms with Crippen LogP contribution < -0.4 is 0 Å². The summed E-state index contributed by atoms with van der Waals surface area (Å²) in [6.07, 6.45) is 1.95. The predicted octanol–water partition coefficient (Wildman–Crippen LogP) is 4.45. The Balaban J connectivity index is -0.000000420. The lowest BCUT2D eigenvalue weighted by Crippen LogP contribution is -2.65. The predicted molar refractivity (Wildman–Crippen MR) is 233 cm³/mol. The summed E-state index contributed by atoms with van der Waals surface area (Å²) in [5.74, 6) is 17.9. The van der Waals surface area contributed by atoms with Gasteiger partial charge >= 0.3 is 35.4 Å². The van der Waals surface area contributed by atoms with E-state index in [9.17, 15) is 63.1 Å². The van der Waals surface area contributed by atoms with E-state index in [0.717, 1.165) is 25.7 Å². The van der Waals surface area contributed by atoms with Gasteiger partial charge in [0.15, 0.2) is 6.10 Å². The number of rotatable bonds is 26. The van der Waals surface area contributed by atoms with E-state index in [4.69, 9.17) is 24.9 Å². The maximum absolute atomic E-state index is 13.0. The number of carbonyl (C=O) groups is 2. The second-order valence-electron chi connectivity index (χ2n) is 12.8. The minimum Gasteiger partial charge on any atom is -0.456 e. The van der Waals surface area contributed by atoms with Crippen LogP contribution in [0.4, 0.5) is 0 Å². The van der Waals surface area contributed by atoms with Crippen molar-refractivity contribution in [2.24, 2.45) is 0 Å². The van der Waals surface area contributed by atoms with Crippen molar-refractivity contribution in [2.75, 3.05) is 13.2 Å². The fraction of sp³-hybridized carbons (Fsp3) is 0.667. The summed E-state index contributed by atoms with van der Waals surface area (Å²) in [6, 6.07) is 0. The standard InChI is InChI=1S/C36H51O19P3.H2S.9H2/c1-3-5-7-9-11-13-14-15-16-17-19-21-23-25-30(38)52-28(26-50-29(37)24-22-20-18-12-10-8-6-4-2)27-51-58(48,49)55-36-32(40)34(53-56(42,43)44)31(39)35(33(36)41)54-57(45,46)47;;;;;;;;;;/h2,28,31-36,39-41H,3,5,7,9,11,13-17,19,21,23,25-27H2,1H3,(H,48,49)(H2,42,43,44)(H2,45,46,47);1H2;9*1H/t28-,31?,32-,33?,34-,35+,36?;;;;;;;;;;/m1........../s1. The van der Waals surface area contributed by atoms with Crippen molar-refractivity contribution < 1.29 is 103 Å². The van der Waals surface area contributed by atoms with Gasteiger partial charge in [-0.3, -0.25) is 22.9 Å². The SMILES string of the molecule is C#CC#CC#CC#CC#CC(=O)OC[C@H](COP(=O)(O)OC1C(O)[C@@H](OP(=O)(O)O)C(O)[C@@H](OP(=O)(O)O)[C@H]1O)OC(=O)CCCCCCCCCCCCCCC.S.[HH].[HH].[HH].[HH].[HH].[HH].[HH].[HH].[HH]. The molecule has 0 aromatic carbocycles. The highest BCUT2D eigenvalue weighted by atomic mass is 32.1. The molecule has 8 N–H and O–H groups in total. The van der Waals surface area contributed by atoms with E-state index in [2.05, 4.69) is 57.4 Å². The lowest BCUT2D eigenvalue weighted by Gasteiger charge is -2.44. The third-order valence-electron chi connectivity index (χ3n) is 8.01. The number of phosphoric acid groups is 3. The maximum atomic E-state index is 13.0. The molecule has 0 saturated heterocycles. The molecule has 350 valence electrons. The van der Waals surface area contributed by atoms with Crippen LogP contribution in [0.1, 0.15) is 110 Å². The van der Waals surface area contributed by atoms with Gasteiger partial charge < -0.3 is 49.3 Å². The van der Waals surface area contributed by atoms with Crippen LogP contribution >= 0.6 is 37.0 Å². The molecule has 1 fully saturated rings. The van der Waals surface area contributed by atoms with Gasteiger partial charge in [-0.25, -0.2) is 18.5 Å². The minimum absolute atomic E-state index is 0. The smallest absolute Gasteiger partial charge is 0.456 e. The molecular weight excluding hydrogens is 861 g/mol. The molecule has 4 unspecified atom stereocenters. The maximum Gasteiger partial charge on any atom is 0.472 e. The molecule has 0 spiro atoms. The number of esters is 2. The molecule has 0 aromatic rings. The Morgan fingerprint density at radius 2 is 1.03 bits per heavy atom. The zero-order valence-electron chi connectivity index (χ0n) is 32.3. The molecule has 23 heteroatoms. The summed E-state index contributed by atoms with van der Waals surface area (Å²) in [6.45, 7) is 0.353. The second-order valence-corrected chi connectivity index (χ2v) is 16.6. The highest BCUT2D eigenvalue weighted by Gasteiger charge is 2.56. The Kier molecular flexibility index (Phi) is 29.0. The van der Waals surface area contributed by atoms with Crippen LogP contribution in [0.15, 0.2) is 0 Å². The van der Waals surface area contributed by atoms with E-state index in [1.807, 2.05) is 11.8 Å². The molecule has 0 amide bonds. The third kappa shape index (κ3) is 27.0. The number of ether oxygens (including phenoxy) is 2. The number of hydrogen-bond donors (Lipinski definition) is 8. The van der Waals surface area contributed by atoms with E-state index in [1.54, 1.807) is 0 Å². The van der Waals surface area contributed by atoms with Gasteiger partial charge in [-0.1, -0.05) is 84.0 Å². The number of terminal acetylenes is 1. The molecule has 0 aliphatic heterocycles. The zero-order chi connectivity index (χ0) is 43.6. The molecule has 0 aromatic heterocycles. The zero-order valence-corrected chi connectivity index (χ0v) is 36.0. The highest BCUT2D eigenvalue weighted by molar-refractivity contribution is 7.59. The van der Waals surface area contributed by atoms with Crippen molar-refractivity contribution in [2.45, 2.75) is 140 Å². The summed E-state index contributed by atoms with van der Waals surface area (Å²) in [7, 11) is -16.7. The average Bonchev–Trinajstić information content (AvgIpc) is 3.14. The van der Waals surface area contributed by atoms with Crippen LogP contribution in [-0.4, -0.2) is 108 Å². The van der Waals surface area contributed by atoms with Crippen LogP contribution in [0, 0.1) is 59.7 Å². The fourth-order valence-corrected chi connectivity index (χ4v) is 7.45. The molecule has 0 bridgehead atoms. The first-order valence-corrected chi connectivity index (χ1v) is 22.9. The number of aliphatic hydroxyl groups is 3. The molecule has 1 aliphatic carbocycles. The van der Waals surface area contributed by atoms with E-state index < -0.39 is 91.3 Å². The molecule has 19 nitrogen and oxygen atoms in total. The normalized spacial score (nSPS) is 21.4. The van der Waals surface area contributed by atoms with Crippen molar-refractivity contribution in [3.63, 3.8) is 0 Å². The Bertz CT molecular complexity index is 1750. The Morgan fingerprint density at radius 3 is 1.47 bits per heavy atom. The largest absolute Gasteiger partial charge is 0.472 e. The van der Waals surface area contributed by atoms with Crippen molar-refractivity contribution in [3.05, 3.63) is 0 Å². The van der Waals surface area contributed by atoms with E-state index in [1.165, 1.54) is 44.9 Å². The highest BCUT2D eigenvalue weighted by Crippen LogP contribution is 2.51. The summed E-state index contributed by atoms with van der Waals surface area (Å²) in [5, 5.41) is 31.6. The van der Waals surface area contributed by atoms with Crippen LogP contribution in [0.5, 0.6) is 0 Å². The van der Waals surface area contributed by atoms with Gasteiger partial charge in [0.05, 0.1) is 6.61 Å². The van der Waals surface area contributed by atoms with Crippen molar-refractivity contribution in [3.8, 4) is 59.7 Å². The molecule has 59 heavy (non-hydrogen) atoms. The lowest BCUT2D eigenvalue weighted by atomic mass is 9.85. The monoisotopic (exact) mass is 932 g/mol. The van der Waals surface area contributed by atoms with Crippen LogP contribution in [0.2, 0.25) is 0 Å². The summed E-state index contributed by atoms with van der Waals surface area (Å²) >= 11 is 0. The van der Waals surface area contributed by atoms with Gasteiger partial charge in [-0.15, -0.1) is 6.42 Å². The Morgan fingerprint density at radius 1 is 0.627 bits per heavy atom. The molecule has 0 heterocycles. The first-order valence-electron chi connectivity index (χ1n) is 18.3. The summed E-state index contributed by atoms with van der Waals surface area (Å²) < 4.78 is 64.3. The van der Waals surface area contributed by atoms with Gasteiger partial charge in [0, 0.05) is 25.2 Å². The van der Waals surface area contributed by atoms with Gasteiger partial charge in [0.25, 0.3) is 0 Å². The van der Waals surface area contributed by atoms with Crippen LogP contribution in [0.25, 0.3) is 0 Å². The van der Waals surface area contributed by atoms with Gasteiger partial charge in [-0.05, 0) is 53.8 Å². The average molecular weight is 933 g/mol. The number of aliphatic hydroxyl groups excluding tert-OH is 3. The van der Waals surface area contributed by atoms with E-state index >= 15 is 0 Å². The number of unbranched alkanes of at least 4 members (excludes halogenated alkanes) is 12. The molecule has 1 rings (SSSR count). The van der Waals surface area contributed by atoms with Gasteiger partial charge in [0.1, 0.15) is 43.2 Å². The lowest BCUT2D eigenvalue weighted by molar-refractivity contribution is -0.213. The third-order valence-corrected chi connectivity index (χ3v) is 10.0. The minimum atomic E-state index is -5.57. The molecule has 1 saturated carbocycles. The second kappa shape index (κ2) is 30.3. The number of hydrogen-bond acceptors (Lipinski definition) is 14. The van der Waals surface area contributed by atoms with Crippen LogP contribution in [-0.2, 0) is 50.9 Å². The summed E-state index contributed by atoms with van der Waals surface area (Å²) in [5.41, 5.74) is 0. The fourth-order valence-electron chi connectivity index (χ4n) is 5.35. The molecule has 0 radical (unpaired) electrons. The molecular formula is C36H71O19P3S. The van der Waals surface area contributed by atoms with Crippen molar-refractivity contribution in [1.82, 2.24) is 0 Å². The van der Waals surface area contributed by atoms with E-state index in [0.29, 0.717) is 12.8 Å². The molecule has 1 aliphatic rings. The van der Waals surface area contributed by atoms with Gasteiger partial charge in [0.2, 0.25) is 0 Å². The number of phosphoric ester groups is 3. The van der Waals surface area contributed by atoms with E-state index in [-0.39, 0.29) is 32.8 Å². The first-order chi connectivity index (χ1) is 27.3. The summed E-state index contributed by atoms with van der Waals surface area (Å²) in [4.78, 5) is 72.2. The van der Waals surface area contributed by atoms with Gasteiger partial charge in [-0.2, -0.15) is 13.5 Å². The van der Waals surface area contributed by atoms with Crippen LogP contribution in [0.3, 0.4) is 0 Å². The van der Waals surface area contributed by atoms with Crippen molar-refractivity contribution >= 4 is 48.9 Å². The Hall–Kier alpha value is -2.70. The first kappa shape index (κ1) is 56.3. The quantitative estimate of drug-likeness (QED) is 0.0195. The topological polar surface area (TPSA) is 303 Å².